The maximum absolute atomic E-state index is 12.6. The summed E-state index contributed by atoms with van der Waals surface area (Å²) in [7, 11) is 0. The molecule has 1 aromatic carbocycles. The molecule has 0 aromatic heterocycles. The summed E-state index contributed by atoms with van der Waals surface area (Å²) in [6.07, 6.45) is -4.48. The van der Waals surface area contributed by atoms with Crippen LogP contribution in [0.3, 0.4) is 0 Å². The summed E-state index contributed by atoms with van der Waals surface area (Å²) in [5.41, 5.74) is 0.969. The second-order valence-electron chi connectivity index (χ2n) is 3.88. The van der Waals surface area contributed by atoms with Crippen LogP contribution < -0.4 is 0 Å². The van der Waals surface area contributed by atoms with E-state index in [4.69, 9.17) is 5.21 Å². The van der Waals surface area contributed by atoms with E-state index in [1.54, 1.807) is 31.2 Å². The zero-order chi connectivity index (χ0) is 12.6. The highest BCUT2D eigenvalue weighted by Gasteiger charge is 2.41. The van der Waals surface area contributed by atoms with Gasteiger partial charge in [-0.1, -0.05) is 29.4 Å². The first-order chi connectivity index (χ1) is 7.95. The Balaban J connectivity index is 2.48. The fourth-order valence-corrected chi connectivity index (χ4v) is 2.08. The van der Waals surface area contributed by atoms with Crippen LogP contribution in [-0.4, -0.2) is 17.1 Å². The summed E-state index contributed by atoms with van der Waals surface area (Å²) in [4.78, 5) is 0. The minimum atomic E-state index is -4.63. The summed E-state index contributed by atoms with van der Waals surface area (Å²) in [5, 5.41) is 11.0. The first-order valence-electron chi connectivity index (χ1n) is 5.03. The number of allylic oxidation sites excluding steroid dienone is 2. The van der Waals surface area contributed by atoms with Crippen molar-refractivity contribution in [2.75, 3.05) is 0 Å². The Morgan fingerprint density at radius 2 is 1.94 bits per heavy atom. The highest BCUT2D eigenvalue weighted by molar-refractivity contribution is 6.11. The first kappa shape index (κ1) is 11.7. The van der Waals surface area contributed by atoms with Gasteiger partial charge in [0, 0.05) is 6.42 Å². The number of alkyl halides is 3. The Bertz CT molecular complexity index is 515. The number of fused-ring (bicyclic) bond motifs is 1. The van der Waals surface area contributed by atoms with Crippen molar-refractivity contribution in [3.05, 3.63) is 41.0 Å². The maximum atomic E-state index is 12.6. The van der Waals surface area contributed by atoms with E-state index < -0.39 is 11.9 Å². The van der Waals surface area contributed by atoms with Gasteiger partial charge in [-0.05, 0) is 29.2 Å². The monoisotopic (exact) mass is 241 g/mol. The van der Waals surface area contributed by atoms with Crippen molar-refractivity contribution >= 4 is 11.3 Å². The van der Waals surface area contributed by atoms with Crippen LogP contribution >= 0.6 is 0 Å². The highest BCUT2D eigenvalue weighted by Crippen LogP contribution is 2.36. The van der Waals surface area contributed by atoms with E-state index in [2.05, 4.69) is 5.16 Å². The molecule has 1 aliphatic rings. The van der Waals surface area contributed by atoms with Crippen LogP contribution in [0.25, 0.3) is 5.57 Å². The van der Waals surface area contributed by atoms with Gasteiger partial charge in [0.2, 0.25) is 0 Å². The van der Waals surface area contributed by atoms with E-state index in [1.165, 1.54) is 0 Å². The maximum Gasteiger partial charge on any atom is 0.436 e. The smallest absolute Gasteiger partial charge is 0.410 e. The van der Waals surface area contributed by atoms with Crippen molar-refractivity contribution < 1.29 is 18.4 Å². The minimum Gasteiger partial charge on any atom is -0.410 e. The van der Waals surface area contributed by atoms with Crippen molar-refractivity contribution in [3.63, 3.8) is 0 Å². The van der Waals surface area contributed by atoms with E-state index in [0.29, 0.717) is 5.57 Å². The minimum absolute atomic E-state index is 0.0428. The van der Waals surface area contributed by atoms with Crippen LogP contribution in [0.15, 0.2) is 35.0 Å². The Hall–Kier alpha value is -1.78. The van der Waals surface area contributed by atoms with E-state index in [1.807, 2.05) is 0 Å². The zero-order valence-electron chi connectivity index (χ0n) is 9.04. The molecule has 0 aliphatic heterocycles. The standard InChI is InChI=1S/C12H10F3NO/c1-7-9-5-3-2-4-8(9)6-10(7)11(16-17)12(13,14)15/h2-5,17H,6H2,1H3/b16-11-. The molecule has 0 unspecified atom stereocenters. The lowest BCUT2D eigenvalue weighted by Crippen LogP contribution is -2.25. The molecule has 0 amide bonds. The van der Waals surface area contributed by atoms with Crippen molar-refractivity contribution in [1.82, 2.24) is 0 Å². The summed E-state index contributed by atoms with van der Waals surface area (Å²) in [6, 6.07) is 7.09. The molecule has 1 aromatic rings. The van der Waals surface area contributed by atoms with Crippen LogP contribution in [0.1, 0.15) is 18.1 Å². The summed E-state index contributed by atoms with van der Waals surface area (Å²) < 4.78 is 37.9. The predicted octanol–water partition coefficient (Wildman–Crippen LogP) is 3.41. The molecule has 1 aliphatic carbocycles. The van der Waals surface area contributed by atoms with E-state index >= 15 is 0 Å². The third-order valence-electron chi connectivity index (χ3n) is 2.90. The zero-order valence-corrected chi connectivity index (χ0v) is 9.04. The molecule has 0 heterocycles. The Morgan fingerprint density at radius 3 is 2.47 bits per heavy atom. The number of rotatable bonds is 1. The normalized spacial score (nSPS) is 16.4. The number of nitrogens with zero attached hydrogens (tertiary/aromatic N) is 1. The molecule has 0 radical (unpaired) electrons. The number of halogens is 3. The van der Waals surface area contributed by atoms with Crippen LogP contribution in [0.5, 0.6) is 0 Å². The lowest BCUT2D eigenvalue weighted by atomic mass is 10.1. The van der Waals surface area contributed by atoms with Gasteiger partial charge in [-0.25, -0.2) is 0 Å². The molecule has 0 atom stereocenters. The Labute approximate surface area is 96.1 Å². The van der Waals surface area contributed by atoms with Crippen LogP contribution in [0, 0.1) is 0 Å². The van der Waals surface area contributed by atoms with Crippen LogP contribution in [0.2, 0.25) is 0 Å². The summed E-state index contributed by atoms with van der Waals surface area (Å²) >= 11 is 0. The van der Waals surface area contributed by atoms with Gasteiger partial charge in [0.05, 0.1) is 0 Å². The fourth-order valence-electron chi connectivity index (χ4n) is 2.08. The average molecular weight is 241 g/mol. The molecule has 0 bridgehead atoms. The quantitative estimate of drug-likeness (QED) is 0.456. The van der Waals surface area contributed by atoms with Gasteiger partial charge in [-0.3, -0.25) is 0 Å². The number of hydrogen-bond acceptors (Lipinski definition) is 2. The van der Waals surface area contributed by atoms with E-state index in [-0.39, 0.29) is 12.0 Å². The average Bonchev–Trinajstić information content (AvgIpc) is 2.56. The topological polar surface area (TPSA) is 32.6 Å². The Kier molecular flexibility index (Phi) is 2.69. The second kappa shape index (κ2) is 3.91. The lowest BCUT2D eigenvalue weighted by Gasteiger charge is -2.10. The van der Waals surface area contributed by atoms with Gasteiger partial charge in [-0.2, -0.15) is 13.2 Å². The van der Waals surface area contributed by atoms with Gasteiger partial charge < -0.3 is 5.21 Å². The van der Waals surface area contributed by atoms with Gasteiger partial charge >= 0.3 is 6.18 Å². The third kappa shape index (κ3) is 1.92. The van der Waals surface area contributed by atoms with Crippen LogP contribution in [0.4, 0.5) is 13.2 Å². The molecule has 0 fully saturated rings. The molecule has 0 saturated heterocycles. The SMILES string of the molecule is CC1=C(/C(=N/O)C(F)(F)F)Cc2ccccc21. The summed E-state index contributed by atoms with van der Waals surface area (Å²) in [5.74, 6) is 0. The summed E-state index contributed by atoms with van der Waals surface area (Å²) in [6.45, 7) is 1.61. The van der Waals surface area contributed by atoms with Crippen molar-refractivity contribution in [2.45, 2.75) is 19.5 Å². The van der Waals surface area contributed by atoms with Crippen molar-refractivity contribution in [1.29, 1.82) is 0 Å². The molecular formula is C12H10F3NO. The largest absolute Gasteiger partial charge is 0.436 e. The first-order valence-corrected chi connectivity index (χ1v) is 5.03. The number of benzene rings is 1. The van der Waals surface area contributed by atoms with E-state index in [9.17, 15) is 13.2 Å². The van der Waals surface area contributed by atoms with Gasteiger partial charge in [0.15, 0.2) is 5.71 Å². The molecule has 90 valence electrons. The van der Waals surface area contributed by atoms with Crippen molar-refractivity contribution in [2.24, 2.45) is 5.16 Å². The van der Waals surface area contributed by atoms with Crippen LogP contribution in [-0.2, 0) is 6.42 Å². The van der Waals surface area contributed by atoms with E-state index in [0.717, 1.165) is 11.1 Å². The van der Waals surface area contributed by atoms with Gasteiger partial charge in [0.1, 0.15) is 0 Å². The molecule has 2 nitrogen and oxygen atoms in total. The van der Waals surface area contributed by atoms with Gasteiger partial charge in [-0.15, -0.1) is 0 Å². The lowest BCUT2D eigenvalue weighted by molar-refractivity contribution is -0.0603. The number of oxime groups is 1. The fraction of sp³-hybridized carbons (Fsp3) is 0.250. The molecule has 1 N–H and O–H groups in total. The number of hydrogen-bond donors (Lipinski definition) is 1. The molecule has 0 saturated carbocycles. The second-order valence-corrected chi connectivity index (χ2v) is 3.88. The Morgan fingerprint density at radius 1 is 1.29 bits per heavy atom. The molecule has 0 spiro atoms. The molecule has 17 heavy (non-hydrogen) atoms. The highest BCUT2D eigenvalue weighted by atomic mass is 19.4. The molecular weight excluding hydrogens is 231 g/mol. The molecule has 2 rings (SSSR count). The van der Waals surface area contributed by atoms with Gasteiger partial charge in [0.25, 0.3) is 0 Å². The predicted molar refractivity (Wildman–Crippen MR) is 58.0 cm³/mol. The third-order valence-corrected chi connectivity index (χ3v) is 2.90. The molecule has 5 heteroatoms. The van der Waals surface area contributed by atoms with Crippen molar-refractivity contribution in [3.8, 4) is 0 Å².